The molecule has 0 spiro atoms. The van der Waals surface area contributed by atoms with Crippen LogP contribution in [0.3, 0.4) is 0 Å². The molecule has 0 bridgehead atoms. The van der Waals surface area contributed by atoms with Crippen LogP contribution in [0.15, 0.2) is 18.2 Å². The van der Waals surface area contributed by atoms with E-state index in [4.69, 9.17) is 5.73 Å². The van der Waals surface area contributed by atoms with Gasteiger partial charge in [0.25, 0.3) is 0 Å². The summed E-state index contributed by atoms with van der Waals surface area (Å²) in [6.45, 7) is 1.77. The van der Waals surface area contributed by atoms with E-state index in [1.54, 1.807) is 13.0 Å². The zero-order valence-electron chi connectivity index (χ0n) is 7.05. The Labute approximate surface area is 71.4 Å². The summed E-state index contributed by atoms with van der Waals surface area (Å²) in [6.07, 6.45) is 1.00. The maximum Gasteiger partial charge on any atom is 0.126 e. The summed E-state index contributed by atoms with van der Waals surface area (Å²) < 4.78 is 13.1. The van der Waals surface area contributed by atoms with Crippen LogP contribution in [-0.2, 0) is 0 Å². The van der Waals surface area contributed by atoms with Crippen LogP contribution < -0.4 is 5.73 Å². The molecule has 2 rings (SSSR count). The third-order valence-corrected chi connectivity index (χ3v) is 2.46. The molecule has 0 heterocycles. The van der Waals surface area contributed by atoms with Crippen LogP contribution in [0, 0.1) is 12.7 Å². The molecule has 1 aromatic rings. The van der Waals surface area contributed by atoms with Gasteiger partial charge < -0.3 is 5.73 Å². The van der Waals surface area contributed by atoms with E-state index in [1.807, 2.05) is 12.1 Å². The quantitative estimate of drug-likeness (QED) is 0.676. The normalized spacial score (nSPS) is 27.2. The van der Waals surface area contributed by atoms with Crippen LogP contribution in [0.25, 0.3) is 0 Å². The van der Waals surface area contributed by atoms with Crippen molar-refractivity contribution in [3.63, 3.8) is 0 Å². The van der Waals surface area contributed by atoms with Gasteiger partial charge in [0.2, 0.25) is 0 Å². The Hall–Kier alpha value is -0.890. The maximum absolute atomic E-state index is 13.1. The molecule has 0 amide bonds. The molecule has 2 N–H and O–H groups in total. The van der Waals surface area contributed by atoms with Crippen LogP contribution in [0.4, 0.5) is 4.39 Å². The number of hydrogen-bond acceptors (Lipinski definition) is 1. The number of hydrogen-bond donors (Lipinski definition) is 1. The second-order valence-corrected chi connectivity index (χ2v) is 3.51. The van der Waals surface area contributed by atoms with Crippen molar-refractivity contribution in [3.8, 4) is 0 Å². The standard InChI is InChI=1S/C10H12FN/c1-6-2-3-7(4-9(6)11)8-5-10(8)12/h2-4,8,10H,5,12H2,1H3/t8?,10-/m1/s1. The van der Waals surface area contributed by atoms with Gasteiger partial charge in [-0.05, 0) is 30.5 Å². The van der Waals surface area contributed by atoms with Gasteiger partial charge in [-0.3, -0.25) is 0 Å². The molecule has 1 aliphatic carbocycles. The molecule has 0 aromatic heterocycles. The van der Waals surface area contributed by atoms with E-state index in [0.29, 0.717) is 11.5 Å². The monoisotopic (exact) mass is 165 g/mol. The van der Waals surface area contributed by atoms with Crippen molar-refractivity contribution >= 4 is 0 Å². The van der Waals surface area contributed by atoms with Gasteiger partial charge in [0.05, 0.1) is 0 Å². The minimum absolute atomic E-state index is 0.119. The fraction of sp³-hybridized carbons (Fsp3) is 0.400. The van der Waals surface area contributed by atoms with Crippen LogP contribution >= 0.6 is 0 Å². The predicted octanol–water partition coefficient (Wildman–Crippen LogP) is 1.95. The molecule has 0 saturated heterocycles. The van der Waals surface area contributed by atoms with Crippen molar-refractivity contribution in [1.29, 1.82) is 0 Å². The van der Waals surface area contributed by atoms with Gasteiger partial charge in [-0.2, -0.15) is 0 Å². The Balaban J connectivity index is 2.29. The molecule has 2 heteroatoms. The van der Waals surface area contributed by atoms with Crippen LogP contribution in [-0.4, -0.2) is 6.04 Å². The highest BCUT2D eigenvalue weighted by molar-refractivity contribution is 5.31. The highest BCUT2D eigenvalue weighted by Crippen LogP contribution is 2.39. The van der Waals surface area contributed by atoms with Crippen LogP contribution in [0.2, 0.25) is 0 Å². The molecular formula is C10H12FN. The Morgan fingerprint density at radius 2 is 2.17 bits per heavy atom. The lowest BCUT2D eigenvalue weighted by atomic mass is 10.1. The first-order chi connectivity index (χ1) is 5.68. The molecule has 12 heavy (non-hydrogen) atoms. The zero-order chi connectivity index (χ0) is 8.72. The first-order valence-corrected chi connectivity index (χ1v) is 4.20. The van der Waals surface area contributed by atoms with E-state index in [-0.39, 0.29) is 11.9 Å². The summed E-state index contributed by atoms with van der Waals surface area (Å²) in [4.78, 5) is 0. The summed E-state index contributed by atoms with van der Waals surface area (Å²) in [5, 5.41) is 0. The summed E-state index contributed by atoms with van der Waals surface area (Å²) >= 11 is 0. The minimum atomic E-state index is -0.119. The maximum atomic E-state index is 13.1. The highest BCUT2D eigenvalue weighted by Gasteiger charge is 2.34. The highest BCUT2D eigenvalue weighted by atomic mass is 19.1. The molecule has 2 atom stereocenters. The lowest BCUT2D eigenvalue weighted by molar-refractivity contribution is 0.616. The summed E-state index contributed by atoms with van der Waals surface area (Å²) in [7, 11) is 0. The largest absolute Gasteiger partial charge is 0.327 e. The third-order valence-electron chi connectivity index (χ3n) is 2.46. The molecule has 64 valence electrons. The second-order valence-electron chi connectivity index (χ2n) is 3.51. The van der Waals surface area contributed by atoms with Crippen molar-refractivity contribution in [2.45, 2.75) is 25.3 Å². The average molecular weight is 165 g/mol. The van der Waals surface area contributed by atoms with E-state index in [1.165, 1.54) is 0 Å². The van der Waals surface area contributed by atoms with Crippen molar-refractivity contribution < 1.29 is 4.39 Å². The van der Waals surface area contributed by atoms with Gasteiger partial charge in [0.15, 0.2) is 0 Å². The number of halogens is 1. The molecule has 1 fully saturated rings. The first-order valence-electron chi connectivity index (χ1n) is 4.20. The molecule has 1 aliphatic rings. The molecule has 1 nitrogen and oxygen atoms in total. The van der Waals surface area contributed by atoms with Crippen molar-refractivity contribution in [2.75, 3.05) is 0 Å². The van der Waals surface area contributed by atoms with Crippen molar-refractivity contribution in [1.82, 2.24) is 0 Å². The Morgan fingerprint density at radius 3 is 2.67 bits per heavy atom. The van der Waals surface area contributed by atoms with E-state index >= 15 is 0 Å². The zero-order valence-corrected chi connectivity index (χ0v) is 7.05. The molecule has 1 aromatic carbocycles. The molecule has 0 aliphatic heterocycles. The third kappa shape index (κ3) is 1.23. The summed E-state index contributed by atoms with van der Waals surface area (Å²) in [6, 6.07) is 5.64. The van der Waals surface area contributed by atoms with Gasteiger partial charge in [0.1, 0.15) is 5.82 Å². The van der Waals surface area contributed by atoms with Crippen LogP contribution in [0.1, 0.15) is 23.5 Å². The molecular weight excluding hydrogens is 153 g/mol. The second kappa shape index (κ2) is 2.56. The van der Waals surface area contributed by atoms with Gasteiger partial charge in [-0.15, -0.1) is 0 Å². The number of aryl methyl sites for hydroxylation is 1. The fourth-order valence-electron chi connectivity index (χ4n) is 1.44. The minimum Gasteiger partial charge on any atom is -0.327 e. The van der Waals surface area contributed by atoms with Gasteiger partial charge in [-0.25, -0.2) is 4.39 Å². The Bertz CT molecular complexity index is 309. The lowest BCUT2D eigenvalue weighted by Gasteiger charge is -2.00. The lowest BCUT2D eigenvalue weighted by Crippen LogP contribution is -2.01. The van der Waals surface area contributed by atoms with Crippen molar-refractivity contribution in [2.24, 2.45) is 5.73 Å². The first kappa shape index (κ1) is 7.74. The average Bonchev–Trinajstić information content (AvgIpc) is 2.73. The molecule has 1 saturated carbocycles. The fourth-order valence-corrected chi connectivity index (χ4v) is 1.44. The van der Waals surface area contributed by atoms with E-state index in [0.717, 1.165) is 12.0 Å². The molecule has 1 unspecified atom stereocenters. The van der Waals surface area contributed by atoms with Crippen molar-refractivity contribution in [3.05, 3.63) is 35.1 Å². The number of nitrogens with two attached hydrogens (primary N) is 1. The Kier molecular flexibility index (Phi) is 1.65. The topological polar surface area (TPSA) is 26.0 Å². The van der Waals surface area contributed by atoms with E-state index < -0.39 is 0 Å². The van der Waals surface area contributed by atoms with Gasteiger partial charge in [-0.1, -0.05) is 12.1 Å². The van der Waals surface area contributed by atoms with E-state index in [2.05, 4.69) is 0 Å². The van der Waals surface area contributed by atoms with Crippen LogP contribution in [0.5, 0.6) is 0 Å². The smallest absolute Gasteiger partial charge is 0.126 e. The van der Waals surface area contributed by atoms with Gasteiger partial charge >= 0.3 is 0 Å². The summed E-state index contributed by atoms with van der Waals surface area (Å²) in [5.74, 6) is 0.284. The Morgan fingerprint density at radius 1 is 1.50 bits per heavy atom. The number of rotatable bonds is 1. The number of benzene rings is 1. The SMILES string of the molecule is Cc1ccc(C2C[C@H]2N)cc1F. The van der Waals surface area contributed by atoms with E-state index in [9.17, 15) is 4.39 Å². The van der Waals surface area contributed by atoms with Gasteiger partial charge in [0, 0.05) is 12.0 Å². The summed E-state index contributed by atoms with van der Waals surface area (Å²) in [5.41, 5.74) is 7.41. The molecule has 0 radical (unpaired) electrons. The predicted molar refractivity (Wildman–Crippen MR) is 46.5 cm³/mol.